The lowest BCUT2D eigenvalue weighted by atomic mass is 9.92. The summed E-state index contributed by atoms with van der Waals surface area (Å²) in [5, 5.41) is 0. The molecule has 0 aliphatic carbocycles. The van der Waals surface area contributed by atoms with Crippen molar-refractivity contribution >= 4 is 31.6 Å². The van der Waals surface area contributed by atoms with Crippen molar-refractivity contribution in [3.8, 4) is 0 Å². The number of ether oxygens (including phenoxy) is 1. The molecule has 4 aromatic rings. The van der Waals surface area contributed by atoms with Crippen LogP contribution in [0.5, 0.6) is 0 Å². The van der Waals surface area contributed by atoms with Crippen molar-refractivity contribution < 1.29 is 26.4 Å². The van der Waals surface area contributed by atoms with Crippen LogP contribution in [0.25, 0.3) is 0 Å². The van der Waals surface area contributed by atoms with E-state index >= 15 is 0 Å². The maximum atomic E-state index is 14.1. The number of carbonyl (C=O) groups excluding carboxylic acids is 1. The second-order valence-corrected chi connectivity index (χ2v) is 14.3. The fourth-order valence-corrected chi connectivity index (χ4v) is 9.09. The van der Waals surface area contributed by atoms with Crippen LogP contribution >= 0.6 is 0 Å². The smallest absolute Gasteiger partial charge is 0.277 e. The van der Waals surface area contributed by atoms with Gasteiger partial charge in [0.25, 0.3) is 26.0 Å². The number of sulfonamides is 2. The highest BCUT2D eigenvalue weighted by Gasteiger charge is 2.57. The van der Waals surface area contributed by atoms with E-state index in [-0.39, 0.29) is 28.5 Å². The first-order chi connectivity index (χ1) is 20.0. The molecule has 214 valence electrons. The van der Waals surface area contributed by atoms with Crippen molar-refractivity contribution in [2.24, 2.45) is 0 Å². The molecule has 42 heavy (non-hydrogen) atoms. The highest BCUT2D eigenvalue weighted by Crippen LogP contribution is 2.51. The van der Waals surface area contributed by atoms with E-state index in [0.717, 1.165) is 23.0 Å². The zero-order valence-electron chi connectivity index (χ0n) is 23.0. The molecule has 0 fully saturated rings. The van der Waals surface area contributed by atoms with Crippen molar-refractivity contribution in [3.05, 3.63) is 137 Å². The molecule has 2 aliphatic heterocycles. The van der Waals surface area contributed by atoms with E-state index < -0.39 is 31.6 Å². The van der Waals surface area contributed by atoms with E-state index in [1.54, 1.807) is 61.2 Å². The van der Waals surface area contributed by atoms with Crippen molar-refractivity contribution in [2.75, 3.05) is 4.90 Å². The zero-order valence-corrected chi connectivity index (χ0v) is 24.6. The minimum absolute atomic E-state index is 0.166. The third-order valence-electron chi connectivity index (χ3n) is 7.54. The second kappa shape index (κ2) is 10.1. The molecule has 0 saturated heterocycles. The highest BCUT2D eigenvalue weighted by atomic mass is 32.3. The van der Waals surface area contributed by atoms with E-state index in [1.807, 2.05) is 36.4 Å². The van der Waals surface area contributed by atoms with Gasteiger partial charge in [0.05, 0.1) is 27.7 Å². The first-order valence-corrected chi connectivity index (χ1v) is 16.2. The Morgan fingerprint density at radius 1 is 0.738 bits per heavy atom. The summed E-state index contributed by atoms with van der Waals surface area (Å²) in [5.74, 6) is -0.403. The predicted octanol–water partition coefficient (Wildman–Crippen LogP) is 5.39. The number of amides is 1. The number of anilines is 1. The fourth-order valence-electron chi connectivity index (χ4n) is 5.37. The molecular formula is C32H28N2O6S2. The van der Waals surface area contributed by atoms with Gasteiger partial charge in [-0.15, -0.1) is 0 Å². The Hall–Kier alpha value is -4.41. The number of carbonyl (C=O) groups is 1. The van der Waals surface area contributed by atoms with E-state index in [0.29, 0.717) is 15.0 Å². The lowest BCUT2D eigenvalue weighted by Gasteiger charge is -2.27. The third kappa shape index (κ3) is 4.47. The number of hydrogen-bond donors (Lipinski definition) is 0. The van der Waals surface area contributed by atoms with E-state index in [2.05, 4.69) is 0 Å². The summed E-state index contributed by atoms with van der Waals surface area (Å²) in [7, 11) is -9.30. The van der Waals surface area contributed by atoms with Crippen LogP contribution in [0.2, 0.25) is 0 Å². The van der Waals surface area contributed by atoms with Gasteiger partial charge in [-0.3, -0.25) is 4.79 Å². The van der Waals surface area contributed by atoms with Gasteiger partial charge in [-0.05, 0) is 49.7 Å². The SMILES string of the molecule is Cc1ccc(S(=O)(=O)N(C2=COC3(C2)C(=O)N(Cc2ccccc2)c2ccccc23)S(=O)(=O)c2ccc(C)cc2)cc1. The molecule has 1 unspecified atom stereocenters. The third-order valence-corrected chi connectivity index (χ3v) is 11.8. The molecule has 1 atom stereocenters. The van der Waals surface area contributed by atoms with E-state index in [9.17, 15) is 21.6 Å². The Morgan fingerprint density at radius 2 is 1.26 bits per heavy atom. The Bertz CT molecular complexity index is 1850. The molecule has 8 nitrogen and oxygen atoms in total. The number of hydrogen-bond acceptors (Lipinski definition) is 6. The van der Waals surface area contributed by atoms with Crippen LogP contribution in [-0.2, 0) is 41.7 Å². The molecule has 6 rings (SSSR count). The zero-order chi connectivity index (χ0) is 29.7. The molecule has 1 spiro atoms. The molecule has 2 aliphatic rings. The summed E-state index contributed by atoms with van der Waals surface area (Å²) in [4.78, 5) is 15.3. The monoisotopic (exact) mass is 600 g/mol. The molecule has 10 heteroatoms. The molecule has 0 radical (unpaired) electrons. The maximum Gasteiger partial charge on any atom is 0.277 e. The Labute approximate surface area is 245 Å². The van der Waals surface area contributed by atoms with Gasteiger partial charge in [0.2, 0.25) is 5.60 Å². The van der Waals surface area contributed by atoms with E-state index in [1.165, 1.54) is 24.3 Å². The van der Waals surface area contributed by atoms with Gasteiger partial charge in [0.15, 0.2) is 0 Å². The normalized spacial score (nSPS) is 18.1. The summed E-state index contributed by atoms with van der Waals surface area (Å²) in [5.41, 5.74) is 1.90. The highest BCUT2D eigenvalue weighted by molar-refractivity contribution is 8.04. The van der Waals surface area contributed by atoms with Gasteiger partial charge in [0.1, 0.15) is 6.26 Å². The van der Waals surface area contributed by atoms with Crippen LogP contribution in [0.3, 0.4) is 0 Å². The van der Waals surface area contributed by atoms with Crippen LogP contribution in [-0.4, -0.2) is 26.5 Å². The summed E-state index contributed by atoms with van der Waals surface area (Å²) in [6, 6.07) is 28.5. The Balaban J connectivity index is 1.45. The van der Waals surface area contributed by atoms with Crippen LogP contribution in [0.1, 0.15) is 28.7 Å². The van der Waals surface area contributed by atoms with Gasteiger partial charge >= 0.3 is 0 Å². The minimum atomic E-state index is -4.65. The van der Waals surface area contributed by atoms with Crippen LogP contribution in [0, 0.1) is 13.8 Å². The van der Waals surface area contributed by atoms with Crippen LogP contribution < -0.4 is 4.90 Å². The average molecular weight is 601 g/mol. The average Bonchev–Trinajstić information content (AvgIpc) is 3.50. The number of nitrogens with zero attached hydrogens (tertiary/aromatic N) is 2. The second-order valence-electron chi connectivity index (χ2n) is 10.5. The standard InChI is InChI=1S/C32H28N2O6S2/c1-23-12-16-27(17-13-23)41(36,37)34(42(38,39)28-18-14-24(2)15-19-28)26-20-32(40-22-26)29-10-6-7-11-30(29)33(31(32)35)21-25-8-4-3-5-9-25/h3-19,22H,20-21H2,1-2H3. The number of fused-ring (bicyclic) bond motifs is 2. The quantitative estimate of drug-likeness (QED) is 0.282. The fraction of sp³-hybridized carbons (Fsp3) is 0.156. The topological polar surface area (TPSA) is 101 Å². The van der Waals surface area contributed by atoms with Crippen LogP contribution in [0.4, 0.5) is 5.69 Å². The first-order valence-electron chi connectivity index (χ1n) is 13.3. The van der Waals surface area contributed by atoms with Crippen molar-refractivity contribution in [3.63, 3.8) is 0 Å². The Kier molecular flexibility index (Phi) is 6.70. The van der Waals surface area contributed by atoms with Gasteiger partial charge < -0.3 is 9.64 Å². The Morgan fingerprint density at radius 3 is 1.83 bits per heavy atom. The molecule has 0 saturated carbocycles. The van der Waals surface area contributed by atoms with Gasteiger partial charge in [-0.2, -0.15) is 3.71 Å². The molecule has 4 aromatic carbocycles. The van der Waals surface area contributed by atoms with Gasteiger partial charge in [-0.25, -0.2) is 16.8 Å². The minimum Gasteiger partial charge on any atom is -0.478 e. The lowest BCUT2D eigenvalue weighted by molar-refractivity contribution is -0.135. The number of benzene rings is 4. The number of aryl methyl sites for hydroxylation is 2. The molecule has 1 amide bonds. The van der Waals surface area contributed by atoms with Crippen molar-refractivity contribution in [1.29, 1.82) is 0 Å². The first kappa shape index (κ1) is 27.7. The number of rotatable bonds is 7. The summed E-state index contributed by atoms with van der Waals surface area (Å²) >= 11 is 0. The van der Waals surface area contributed by atoms with Crippen molar-refractivity contribution in [2.45, 2.75) is 42.2 Å². The van der Waals surface area contributed by atoms with Crippen molar-refractivity contribution in [1.82, 2.24) is 3.71 Å². The molecule has 0 aromatic heterocycles. The largest absolute Gasteiger partial charge is 0.478 e. The summed E-state index contributed by atoms with van der Waals surface area (Å²) < 4.78 is 62.9. The number of para-hydroxylation sites is 1. The molecule has 0 bridgehead atoms. The summed E-state index contributed by atoms with van der Waals surface area (Å²) in [6.07, 6.45) is 0.794. The molecular weight excluding hydrogens is 572 g/mol. The predicted molar refractivity (Wildman–Crippen MR) is 158 cm³/mol. The summed E-state index contributed by atoms with van der Waals surface area (Å²) in [6.45, 7) is 3.88. The van der Waals surface area contributed by atoms with Gasteiger partial charge in [0, 0.05) is 12.0 Å². The molecule has 2 heterocycles. The van der Waals surface area contributed by atoms with Crippen LogP contribution in [0.15, 0.2) is 125 Å². The molecule has 0 N–H and O–H groups in total. The lowest BCUT2D eigenvalue weighted by Crippen LogP contribution is -2.41. The maximum absolute atomic E-state index is 14.1. The van der Waals surface area contributed by atoms with Gasteiger partial charge in [-0.1, -0.05) is 83.9 Å². The van der Waals surface area contributed by atoms with E-state index in [4.69, 9.17) is 4.74 Å².